The Morgan fingerprint density at radius 3 is 2.34 bits per heavy atom. The Hall–Kier alpha value is -2.41. The van der Waals surface area contributed by atoms with E-state index in [1.807, 2.05) is 24.3 Å². The Morgan fingerprint density at radius 2 is 1.76 bits per heavy atom. The third-order valence-corrected chi connectivity index (χ3v) is 6.25. The number of methoxy groups -OCH3 is 1. The summed E-state index contributed by atoms with van der Waals surface area (Å²) < 4.78 is 33.8. The first-order chi connectivity index (χ1) is 14.1. The molecule has 0 heterocycles. The highest BCUT2D eigenvalue weighted by atomic mass is 19.1. The summed E-state index contributed by atoms with van der Waals surface area (Å²) in [4.78, 5) is 0. The Labute approximate surface area is 172 Å². The van der Waals surface area contributed by atoms with E-state index in [1.54, 1.807) is 6.07 Å². The predicted octanol–water partition coefficient (Wildman–Crippen LogP) is 7.37. The van der Waals surface area contributed by atoms with Gasteiger partial charge in [0.1, 0.15) is 23.2 Å². The zero-order valence-corrected chi connectivity index (χ0v) is 17.3. The first-order valence-corrected chi connectivity index (χ1v) is 10.6. The van der Waals surface area contributed by atoms with Gasteiger partial charge in [0.2, 0.25) is 0 Å². The van der Waals surface area contributed by atoms with Gasteiger partial charge in [0.05, 0.1) is 12.7 Å². The van der Waals surface area contributed by atoms with Crippen LogP contribution in [0.1, 0.15) is 75.3 Å². The molecule has 0 amide bonds. The van der Waals surface area contributed by atoms with Crippen LogP contribution >= 0.6 is 0 Å². The third-order valence-electron chi connectivity index (χ3n) is 6.25. The Kier molecular flexibility index (Phi) is 7.25. The van der Waals surface area contributed by atoms with Gasteiger partial charge in [-0.1, -0.05) is 56.9 Å². The van der Waals surface area contributed by atoms with Gasteiger partial charge in [-0.05, 0) is 48.6 Å². The summed E-state index contributed by atoms with van der Waals surface area (Å²) in [5.41, 5.74) is 1.42. The molecule has 0 atom stereocenters. The van der Waals surface area contributed by atoms with Crippen LogP contribution < -0.4 is 4.74 Å². The molecule has 0 N–H and O–H groups in total. The Bertz CT molecular complexity index is 862. The van der Waals surface area contributed by atoms with Crippen LogP contribution in [0.15, 0.2) is 30.3 Å². The fraction of sp³-hybridized carbons (Fsp3) is 0.480. The van der Waals surface area contributed by atoms with Gasteiger partial charge in [0, 0.05) is 6.07 Å². The number of benzene rings is 2. The highest BCUT2D eigenvalue weighted by Crippen LogP contribution is 2.40. The lowest BCUT2D eigenvalue weighted by atomic mass is 9.77. The molecule has 0 aliphatic heterocycles. The minimum absolute atomic E-state index is 0.0966. The van der Waals surface area contributed by atoms with E-state index in [2.05, 4.69) is 6.92 Å². The van der Waals surface area contributed by atoms with Crippen molar-refractivity contribution in [3.8, 4) is 22.9 Å². The molecule has 0 bridgehead atoms. The summed E-state index contributed by atoms with van der Waals surface area (Å²) in [5, 5.41) is 9.07. The number of nitrogens with zero attached hydrogens (tertiary/aromatic N) is 1. The Morgan fingerprint density at radius 1 is 1.07 bits per heavy atom. The molecule has 1 aliphatic rings. The van der Waals surface area contributed by atoms with Gasteiger partial charge in [-0.15, -0.1) is 0 Å². The van der Waals surface area contributed by atoms with Crippen LogP contribution in [0.4, 0.5) is 8.78 Å². The van der Waals surface area contributed by atoms with Crippen molar-refractivity contribution in [3.05, 3.63) is 53.1 Å². The van der Waals surface area contributed by atoms with Crippen molar-refractivity contribution in [2.45, 2.75) is 64.2 Å². The van der Waals surface area contributed by atoms with E-state index in [9.17, 15) is 8.78 Å². The summed E-state index contributed by atoms with van der Waals surface area (Å²) in [5.74, 6) is -0.276. The molecule has 4 heteroatoms. The molecule has 29 heavy (non-hydrogen) atoms. The first kappa shape index (κ1) is 21.3. The predicted molar refractivity (Wildman–Crippen MR) is 112 cm³/mol. The fourth-order valence-electron chi connectivity index (χ4n) is 4.52. The largest absolute Gasteiger partial charge is 0.496 e. The maximum Gasteiger partial charge on any atom is 0.155 e. The van der Waals surface area contributed by atoms with Gasteiger partial charge in [0.15, 0.2) is 5.82 Å². The molecular weight excluding hydrogens is 368 g/mol. The van der Waals surface area contributed by atoms with E-state index in [0.717, 1.165) is 12.0 Å². The lowest BCUT2D eigenvalue weighted by Gasteiger charge is -2.29. The van der Waals surface area contributed by atoms with Crippen LogP contribution in [0.2, 0.25) is 0 Å². The second-order valence-electron chi connectivity index (χ2n) is 8.07. The number of nitriles is 1. The number of rotatable bonds is 7. The molecule has 0 unspecified atom stereocenters. The SMILES string of the molecule is CCCCCC1CCC(c2ccc(-c3c(OC)cc(F)c(C#N)c3F)cc2)CC1. The van der Waals surface area contributed by atoms with Crippen molar-refractivity contribution >= 4 is 0 Å². The molecule has 1 fully saturated rings. The molecule has 0 aromatic heterocycles. The van der Waals surface area contributed by atoms with Crippen molar-refractivity contribution in [2.24, 2.45) is 5.92 Å². The number of halogens is 2. The zero-order chi connectivity index (χ0) is 20.8. The second kappa shape index (κ2) is 9.87. The Balaban J connectivity index is 1.74. The molecular formula is C25H29F2NO. The maximum absolute atomic E-state index is 14.8. The van der Waals surface area contributed by atoms with Crippen molar-refractivity contribution < 1.29 is 13.5 Å². The number of ether oxygens (including phenoxy) is 1. The topological polar surface area (TPSA) is 33.0 Å². The molecule has 2 nitrogen and oxygen atoms in total. The smallest absolute Gasteiger partial charge is 0.155 e. The lowest BCUT2D eigenvalue weighted by molar-refractivity contribution is 0.303. The minimum Gasteiger partial charge on any atom is -0.496 e. The molecule has 2 aromatic rings. The molecule has 0 saturated heterocycles. The van der Waals surface area contributed by atoms with Crippen LogP contribution in [-0.2, 0) is 0 Å². The van der Waals surface area contributed by atoms with Gasteiger partial charge < -0.3 is 4.74 Å². The normalized spacial score (nSPS) is 19.0. The van der Waals surface area contributed by atoms with Crippen molar-refractivity contribution in [3.63, 3.8) is 0 Å². The molecule has 1 aliphatic carbocycles. The summed E-state index contributed by atoms with van der Waals surface area (Å²) in [6.07, 6.45) is 10.3. The summed E-state index contributed by atoms with van der Waals surface area (Å²) >= 11 is 0. The quantitative estimate of drug-likeness (QED) is 0.457. The highest BCUT2D eigenvalue weighted by Gasteiger charge is 2.23. The summed E-state index contributed by atoms with van der Waals surface area (Å²) in [6.45, 7) is 2.25. The van der Waals surface area contributed by atoms with Crippen molar-refractivity contribution in [2.75, 3.05) is 7.11 Å². The van der Waals surface area contributed by atoms with Gasteiger partial charge in [0.25, 0.3) is 0 Å². The van der Waals surface area contributed by atoms with E-state index in [0.29, 0.717) is 11.5 Å². The van der Waals surface area contributed by atoms with Crippen molar-refractivity contribution in [1.82, 2.24) is 0 Å². The molecule has 1 saturated carbocycles. The van der Waals surface area contributed by atoms with Crippen molar-refractivity contribution in [1.29, 1.82) is 5.26 Å². The molecule has 154 valence electrons. The first-order valence-electron chi connectivity index (χ1n) is 10.6. The number of unbranched alkanes of at least 4 members (excludes halogenated alkanes) is 2. The minimum atomic E-state index is -0.905. The van der Waals surface area contributed by atoms with E-state index in [-0.39, 0.29) is 11.3 Å². The maximum atomic E-state index is 14.8. The average Bonchev–Trinajstić information content (AvgIpc) is 2.74. The number of hydrogen-bond donors (Lipinski definition) is 0. The average molecular weight is 398 g/mol. The highest BCUT2D eigenvalue weighted by molar-refractivity contribution is 5.73. The number of hydrogen-bond acceptors (Lipinski definition) is 2. The van der Waals surface area contributed by atoms with E-state index < -0.39 is 17.2 Å². The van der Waals surface area contributed by atoms with Gasteiger partial charge in [-0.25, -0.2) is 8.78 Å². The van der Waals surface area contributed by atoms with Crippen LogP contribution in [0.25, 0.3) is 11.1 Å². The van der Waals surface area contributed by atoms with E-state index >= 15 is 0 Å². The van der Waals surface area contributed by atoms with Gasteiger partial charge in [-0.2, -0.15) is 5.26 Å². The molecule has 2 aromatic carbocycles. The van der Waals surface area contributed by atoms with E-state index in [1.165, 1.54) is 64.0 Å². The van der Waals surface area contributed by atoms with Crippen LogP contribution in [0.5, 0.6) is 5.75 Å². The second-order valence-corrected chi connectivity index (χ2v) is 8.07. The fourth-order valence-corrected chi connectivity index (χ4v) is 4.52. The van der Waals surface area contributed by atoms with Crippen LogP contribution in [0.3, 0.4) is 0 Å². The standard InChI is InChI=1S/C25H29F2NO/c1-3-4-5-6-17-7-9-18(10-8-17)19-11-13-20(14-12-19)24-23(29-2)15-22(26)21(16-28)25(24)27/h11-15,17-18H,3-10H2,1-2H3. The monoisotopic (exact) mass is 397 g/mol. The molecule has 0 radical (unpaired) electrons. The van der Waals surface area contributed by atoms with Crippen LogP contribution in [0, 0.1) is 28.9 Å². The van der Waals surface area contributed by atoms with Gasteiger partial charge >= 0.3 is 0 Å². The van der Waals surface area contributed by atoms with Gasteiger partial charge in [-0.3, -0.25) is 0 Å². The van der Waals surface area contributed by atoms with Crippen LogP contribution in [-0.4, -0.2) is 7.11 Å². The summed E-state index contributed by atoms with van der Waals surface area (Å²) in [6, 6.07) is 10.4. The lowest BCUT2D eigenvalue weighted by Crippen LogP contribution is -2.13. The molecule has 0 spiro atoms. The summed E-state index contributed by atoms with van der Waals surface area (Å²) in [7, 11) is 1.37. The zero-order valence-electron chi connectivity index (χ0n) is 17.3. The molecule has 3 rings (SSSR count). The van der Waals surface area contributed by atoms with E-state index in [4.69, 9.17) is 10.00 Å². The third kappa shape index (κ3) is 4.78.